The number of hydrogen-bond donors (Lipinski definition) is 1. The van der Waals surface area contributed by atoms with E-state index in [9.17, 15) is 4.79 Å². The van der Waals surface area contributed by atoms with Crippen molar-refractivity contribution >= 4 is 5.91 Å². The Balaban J connectivity index is 1.40. The van der Waals surface area contributed by atoms with E-state index in [0.717, 1.165) is 64.6 Å². The van der Waals surface area contributed by atoms with Gasteiger partial charge in [-0.3, -0.25) is 4.79 Å². The molecule has 20 heavy (non-hydrogen) atoms. The van der Waals surface area contributed by atoms with Crippen LogP contribution in [0.2, 0.25) is 0 Å². The molecule has 2 aliphatic heterocycles. The third kappa shape index (κ3) is 3.53. The van der Waals surface area contributed by atoms with Crippen LogP contribution in [0, 0.1) is 5.92 Å². The number of carbonyl (C=O) groups excluding carboxylic acids is 1. The molecule has 1 amide bonds. The summed E-state index contributed by atoms with van der Waals surface area (Å²) in [7, 11) is 0. The van der Waals surface area contributed by atoms with E-state index in [-0.39, 0.29) is 0 Å². The molecule has 2 saturated heterocycles. The molecule has 0 aromatic heterocycles. The van der Waals surface area contributed by atoms with Crippen LogP contribution in [0.1, 0.15) is 51.9 Å². The number of hydrogen-bond acceptors (Lipinski definition) is 3. The van der Waals surface area contributed by atoms with Crippen molar-refractivity contribution in [1.29, 1.82) is 0 Å². The fourth-order valence-electron chi connectivity index (χ4n) is 3.50. The molecule has 4 heteroatoms. The van der Waals surface area contributed by atoms with Crippen LogP contribution in [0.15, 0.2) is 0 Å². The molecule has 0 spiro atoms. The van der Waals surface area contributed by atoms with Crippen LogP contribution in [0.5, 0.6) is 0 Å². The first-order valence-electron chi connectivity index (χ1n) is 8.42. The number of likely N-dealkylation sites (tertiary alicyclic amines) is 1. The minimum absolute atomic E-state index is 0.375. The van der Waals surface area contributed by atoms with Crippen LogP contribution < -0.4 is 5.32 Å². The number of ether oxygens (including phenoxy) is 1. The van der Waals surface area contributed by atoms with Gasteiger partial charge in [-0.05, 0) is 44.9 Å². The lowest BCUT2D eigenvalue weighted by atomic mass is 9.97. The lowest BCUT2D eigenvalue weighted by Crippen LogP contribution is -2.50. The summed E-state index contributed by atoms with van der Waals surface area (Å²) in [6, 6.07) is 1.21. The molecule has 1 N–H and O–H groups in total. The van der Waals surface area contributed by atoms with E-state index < -0.39 is 0 Å². The van der Waals surface area contributed by atoms with Crippen molar-refractivity contribution in [1.82, 2.24) is 10.2 Å². The zero-order valence-corrected chi connectivity index (χ0v) is 12.6. The van der Waals surface area contributed by atoms with Gasteiger partial charge in [-0.25, -0.2) is 0 Å². The van der Waals surface area contributed by atoms with Gasteiger partial charge in [-0.2, -0.15) is 0 Å². The van der Waals surface area contributed by atoms with E-state index in [1.807, 2.05) is 0 Å². The Bertz CT molecular complexity index is 335. The number of nitrogens with zero attached hydrogens (tertiary/aromatic N) is 1. The molecule has 2 unspecified atom stereocenters. The predicted molar refractivity (Wildman–Crippen MR) is 78.5 cm³/mol. The van der Waals surface area contributed by atoms with Crippen LogP contribution in [0.25, 0.3) is 0 Å². The van der Waals surface area contributed by atoms with Crippen molar-refractivity contribution in [3.63, 3.8) is 0 Å². The highest BCUT2D eigenvalue weighted by atomic mass is 16.5. The van der Waals surface area contributed by atoms with Gasteiger partial charge in [0, 0.05) is 37.7 Å². The molecule has 0 aromatic carbocycles. The molecule has 1 aliphatic carbocycles. The van der Waals surface area contributed by atoms with Gasteiger partial charge >= 0.3 is 0 Å². The summed E-state index contributed by atoms with van der Waals surface area (Å²) in [5.41, 5.74) is 0. The fraction of sp³-hybridized carbons (Fsp3) is 0.938. The Morgan fingerprint density at radius 3 is 2.55 bits per heavy atom. The first-order valence-corrected chi connectivity index (χ1v) is 8.42. The quantitative estimate of drug-likeness (QED) is 0.855. The molecule has 3 fully saturated rings. The molecule has 114 valence electrons. The molecule has 4 nitrogen and oxygen atoms in total. The van der Waals surface area contributed by atoms with Crippen molar-refractivity contribution in [2.45, 2.75) is 70.1 Å². The van der Waals surface area contributed by atoms with Gasteiger partial charge in [-0.15, -0.1) is 0 Å². The van der Waals surface area contributed by atoms with Gasteiger partial charge in [0.2, 0.25) is 5.91 Å². The van der Waals surface area contributed by atoms with Crippen molar-refractivity contribution in [3.05, 3.63) is 0 Å². The zero-order valence-electron chi connectivity index (χ0n) is 12.6. The molecule has 3 rings (SSSR count). The second-order valence-electron chi connectivity index (χ2n) is 6.66. The summed E-state index contributed by atoms with van der Waals surface area (Å²) in [6.45, 7) is 5.01. The van der Waals surface area contributed by atoms with Crippen LogP contribution >= 0.6 is 0 Å². The average Bonchev–Trinajstić information content (AvgIpc) is 3.32. The minimum Gasteiger partial charge on any atom is -0.378 e. The number of piperidine rings is 1. The molecule has 0 aromatic rings. The summed E-state index contributed by atoms with van der Waals surface area (Å²) >= 11 is 0. The summed E-state index contributed by atoms with van der Waals surface area (Å²) in [5.74, 6) is 0.792. The number of nitrogens with one attached hydrogen (secondary N) is 1. The predicted octanol–water partition coefficient (Wildman–Crippen LogP) is 1.93. The SMILES string of the molecule is CCC1CC(NC2CCN(C(=O)C3CC3)CC2)CCO1. The van der Waals surface area contributed by atoms with Crippen LogP contribution in [0.3, 0.4) is 0 Å². The first kappa shape index (κ1) is 14.3. The van der Waals surface area contributed by atoms with E-state index in [1.54, 1.807) is 0 Å². The Kier molecular flexibility index (Phi) is 4.61. The number of amides is 1. The normalized spacial score (nSPS) is 32.4. The zero-order chi connectivity index (χ0) is 13.9. The van der Waals surface area contributed by atoms with Gasteiger partial charge in [-0.1, -0.05) is 6.92 Å². The molecule has 0 radical (unpaired) electrons. The van der Waals surface area contributed by atoms with Crippen LogP contribution in [-0.2, 0) is 9.53 Å². The molecule has 2 heterocycles. The Labute approximate surface area is 122 Å². The van der Waals surface area contributed by atoms with E-state index in [4.69, 9.17) is 4.74 Å². The number of rotatable bonds is 4. The molecular formula is C16H28N2O2. The number of carbonyl (C=O) groups is 1. The third-order valence-corrected chi connectivity index (χ3v) is 5.03. The van der Waals surface area contributed by atoms with E-state index in [0.29, 0.717) is 30.0 Å². The highest BCUT2D eigenvalue weighted by Gasteiger charge is 2.35. The van der Waals surface area contributed by atoms with E-state index in [1.165, 1.54) is 0 Å². The summed E-state index contributed by atoms with van der Waals surface area (Å²) < 4.78 is 5.74. The standard InChI is InChI=1S/C16H28N2O2/c1-2-15-11-14(7-10-20-15)17-13-5-8-18(9-6-13)16(19)12-3-4-12/h12-15,17H,2-11H2,1H3. The monoisotopic (exact) mass is 280 g/mol. The average molecular weight is 280 g/mol. The molecule has 3 aliphatic rings. The molecule has 0 bridgehead atoms. The summed E-state index contributed by atoms with van der Waals surface area (Å²) in [4.78, 5) is 14.1. The Morgan fingerprint density at radius 1 is 1.15 bits per heavy atom. The smallest absolute Gasteiger partial charge is 0.225 e. The molecule has 1 saturated carbocycles. The highest BCUT2D eigenvalue weighted by Crippen LogP contribution is 2.32. The topological polar surface area (TPSA) is 41.6 Å². The molecular weight excluding hydrogens is 252 g/mol. The maximum atomic E-state index is 12.0. The highest BCUT2D eigenvalue weighted by molar-refractivity contribution is 5.81. The van der Waals surface area contributed by atoms with Crippen molar-refractivity contribution in [3.8, 4) is 0 Å². The first-order chi connectivity index (χ1) is 9.76. The Hall–Kier alpha value is -0.610. The maximum Gasteiger partial charge on any atom is 0.225 e. The second-order valence-corrected chi connectivity index (χ2v) is 6.66. The van der Waals surface area contributed by atoms with Crippen LogP contribution in [-0.4, -0.2) is 48.7 Å². The lowest BCUT2D eigenvalue weighted by Gasteiger charge is -2.37. The minimum atomic E-state index is 0.375. The van der Waals surface area contributed by atoms with Gasteiger partial charge in [0.1, 0.15) is 0 Å². The van der Waals surface area contributed by atoms with Crippen molar-refractivity contribution in [2.75, 3.05) is 19.7 Å². The Morgan fingerprint density at radius 2 is 1.90 bits per heavy atom. The van der Waals surface area contributed by atoms with Gasteiger partial charge in [0.15, 0.2) is 0 Å². The van der Waals surface area contributed by atoms with Gasteiger partial charge < -0.3 is 15.0 Å². The van der Waals surface area contributed by atoms with Gasteiger partial charge in [0.05, 0.1) is 6.10 Å². The molecule has 2 atom stereocenters. The largest absolute Gasteiger partial charge is 0.378 e. The second kappa shape index (κ2) is 6.44. The van der Waals surface area contributed by atoms with Gasteiger partial charge in [0.25, 0.3) is 0 Å². The summed E-state index contributed by atoms with van der Waals surface area (Å²) in [5, 5.41) is 3.81. The van der Waals surface area contributed by atoms with E-state index >= 15 is 0 Å². The third-order valence-electron chi connectivity index (χ3n) is 5.03. The fourth-order valence-corrected chi connectivity index (χ4v) is 3.50. The lowest BCUT2D eigenvalue weighted by molar-refractivity contribution is -0.133. The van der Waals surface area contributed by atoms with Crippen molar-refractivity contribution in [2.24, 2.45) is 5.92 Å². The van der Waals surface area contributed by atoms with Crippen molar-refractivity contribution < 1.29 is 9.53 Å². The van der Waals surface area contributed by atoms with E-state index in [2.05, 4.69) is 17.1 Å². The summed E-state index contributed by atoms with van der Waals surface area (Å²) in [6.07, 6.45) is 8.33. The maximum absolute atomic E-state index is 12.0. The van der Waals surface area contributed by atoms with Crippen LogP contribution in [0.4, 0.5) is 0 Å².